The van der Waals surface area contributed by atoms with Crippen molar-refractivity contribution in [3.05, 3.63) is 0 Å². The number of nitrogens with one attached hydrogen (secondary N) is 2. The van der Waals surface area contributed by atoms with Crippen molar-refractivity contribution in [1.82, 2.24) is 5.32 Å². The van der Waals surface area contributed by atoms with Crippen LogP contribution in [0, 0.1) is 5.41 Å². The molecule has 0 amide bonds. The molecule has 0 fully saturated rings. The van der Waals surface area contributed by atoms with Gasteiger partial charge in [0.15, 0.2) is 5.96 Å². The van der Waals surface area contributed by atoms with Crippen LogP contribution < -0.4 is 22.7 Å². The Bertz CT molecular complexity index is 184. The van der Waals surface area contributed by atoms with Crippen LogP contribution in [0.4, 0.5) is 0 Å². The van der Waals surface area contributed by atoms with Crippen molar-refractivity contribution >= 4 is 11.9 Å². The van der Waals surface area contributed by atoms with Gasteiger partial charge in [-0.1, -0.05) is 0 Å². The molecule has 0 aliphatic heterocycles. The van der Waals surface area contributed by atoms with Crippen LogP contribution in [-0.2, 0) is 9.63 Å². The van der Waals surface area contributed by atoms with E-state index in [1.807, 2.05) is 0 Å². The smallest absolute Gasteiger partial charge is 0.341 e. The van der Waals surface area contributed by atoms with Gasteiger partial charge in [-0.25, -0.2) is 4.79 Å². The monoisotopic (exact) mass is 189 g/mol. The van der Waals surface area contributed by atoms with Gasteiger partial charge in [0.25, 0.3) is 0 Å². The summed E-state index contributed by atoms with van der Waals surface area (Å²) in [5.74, 6) is 3.89. The zero-order valence-corrected chi connectivity index (χ0v) is 7.25. The Morgan fingerprint density at radius 1 is 1.62 bits per heavy atom. The summed E-state index contributed by atoms with van der Waals surface area (Å²) in [6.45, 7) is 0.501. The lowest BCUT2D eigenvalue weighted by Crippen LogP contribution is -2.36. The van der Waals surface area contributed by atoms with Crippen LogP contribution >= 0.6 is 0 Å². The molecule has 0 rings (SSSR count). The summed E-state index contributed by atoms with van der Waals surface area (Å²) >= 11 is 0. The van der Waals surface area contributed by atoms with E-state index in [1.165, 1.54) is 0 Å². The number of hydrogen-bond acceptors (Lipinski definition) is 5. The Labute approximate surface area is 76.0 Å². The number of nitrogens with two attached hydrogens (primary N) is 3. The molecule has 76 valence electrons. The van der Waals surface area contributed by atoms with Gasteiger partial charge >= 0.3 is 5.97 Å². The first kappa shape index (κ1) is 11.7. The van der Waals surface area contributed by atoms with Crippen molar-refractivity contribution in [3.8, 4) is 0 Å². The maximum absolute atomic E-state index is 10.7. The van der Waals surface area contributed by atoms with Crippen LogP contribution in [0.15, 0.2) is 0 Å². The molecule has 0 aliphatic rings. The molecule has 0 heterocycles. The highest BCUT2D eigenvalue weighted by atomic mass is 16.7. The first-order valence-corrected chi connectivity index (χ1v) is 3.82. The van der Waals surface area contributed by atoms with E-state index in [9.17, 15) is 4.79 Å². The molecule has 0 radical (unpaired) electrons. The highest BCUT2D eigenvalue weighted by Crippen LogP contribution is 1.94. The molecule has 8 N–H and O–H groups in total. The molecule has 0 aliphatic carbocycles. The van der Waals surface area contributed by atoms with Crippen molar-refractivity contribution < 1.29 is 9.63 Å². The average Bonchev–Trinajstić information content (AvgIpc) is 2.10. The second-order valence-corrected chi connectivity index (χ2v) is 2.53. The van der Waals surface area contributed by atoms with Crippen LogP contribution in [0.25, 0.3) is 0 Å². The third-order valence-corrected chi connectivity index (χ3v) is 1.43. The molecule has 0 saturated carbocycles. The SMILES string of the molecule is N=C(N)NCCC[C@H](N)C(=O)ON. The van der Waals surface area contributed by atoms with Gasteiger partial charge in [-0.05, 0) is 12.8 Å². The van der Waals surface area contributed by atoms with Gasteiger partial charge in [0.1, 0.15) is 6.04 Å². The fourth-order valence-corrected chi connectivity index (χ4v) is 0.750. The van der Waals surface area contributed by atoms with Gasteiger partial charge in [0, 0.05) is 6.54 Å². The van der Waals surface area contributed by atoms with E-state index in [1.54, 1.807) is 0 Å². The second-order valence-electron chi connectivity index (χ2n) is 2.53. The van der Waals surface area contributed by atoms with Crippen molar-refractivity contribution in [2.45, 2.75) is 18.9 Å². The van der Waals surface area contributed by atoms with Crippen molar-refractivity contribution in [3.63, 3.8) is 0 Å². The molecular weight excluding hydrogens is 174 g/mol. The van der Waals surface area contributed by atoms with Crippen LogP contribution in [-0.4, -0.2) is 24.5 Å². The molecule has 1 atom stereocenters. The Balaban J connectivity index is 3.42. The van der Waals surface area contributed by atoms with Crippen LogP contribution in [0.1, 0.15) is 12.8 Å². The lowest BCUT2D eigenvalue weighted by Gasteiger charge is -2.08. The molecule has 0 saturated heterocycles. The quantitative estimate of drug-likeness (QED) is 0.146. The standard InChI is InChI=1S/C6H15N5O2/c7-4(5(12)13-10)2-1-3-11-6(8)9/h4H,1-3,7,10H2,(H4,8,9,11)/t4-/m0/s1. The van der Waals surface area contributed by atoms with E-state index in [2.05, 4.69) is 16.1 Å². The molecule has 0 bridgehead atoms. The first-order valence-electron chi connectivity index (χ1n) is 3.82. The third-order valence-electron chi connectivity index (χ3n) is 1.43. The molecule has 0 aromatic rings. The van der Waals surface area contributed by atoms with Crippen molar-refractivity contribution in [2.75, 3.05) is 6.54 Å². The summed E-state index contributed by atoms with van der Waals surface area (Å²) in [7, 11) is 0. The fourth-order valence-electron chi connectivity index (χ4n) is 0.750. The Kier molecular flexibility index (Phi) is 5.57. The number of rotatable bonds is 5. The molecule has 0 aromatic heterocycles. The van der Waals surface area contributed by atoms with Crippen LogP contribution in [0.2, 0.25) is 0 Å². The summed E-state index contributed by atoms with van der Waals surface area (Å²) in [4.78, 5) is 14.6. The molecule has 0 spiro atoms. The summed E-state index contributed by atoms with van der Waals surface area (Å²) in [5, 5.41) is 9.40. The molecule has 13 heavy (non-hydrogen) atoms. The number of guanidine groups is 1. The molecule has 7 heteroatoms. The zero-order valence-electron chi connectivity index (χ0n) is 7.25. The lowest BCUT2D eigenvalue weighted by atomic mass is 10.2. The van der Waals surface area contributed by atoms with Crippen molar-refractivity contribution in [1.29, 1.82) is 5.41 Å². The van der Waals surface area contributed by atoms with E-state index in [4.69, 9.17) is 16.9 Å². The van der Waals surface area contributed by atoms with Crippen LogP contribution in [0.5, 0.6) is 0 Å². The highest BCUT2D eigenvalue weighted by molar-refractivity contribution is 5.75. The zero-order chi connectivity index (χ0) is 10.3. The van der Waals surface area contributed by atoms with E-state index in [0.717, 1.165) is 0 Å². The number of hydrogen-bond donors (Lipinski definition) is 5. The normalized spacial score (nSPS) is 11.8. The minimum atomic E-state index is -0.709. The molecular formula is C6H15N5O2. The molecule has 0 unspecified atom stereocenters. The largest absolute Gasteiger partial charge is 0.372 e. The van der Waals surface area contributed by atoms with E-state index >= 15 is 0 Å². The van der Waals surface area contributed by atoms with E-state index in [-0.39, 0.29) is 5.96 Å². The van der Waals surface area contributed by atoms with Gasteiger partial charge in [-0.2, -0.15) is 5.90 Å². The predicted octanol–water partition coefficient (Wildman–Crippen LogP) is -2.01. The Morgan fingerprint density at radius 3 is 2.69 bits per heavy atom. The number of carbonyl (C=O) groups is 1. The summed E-state index contributed by atoms with van der Waals surface area (Å²) in [6, 6.07) is -0.709. The average molecular weight is 189 g/mol. The number of carbonyl (C=O) groups excluding carboxylic acids is 1. The first-order chi connectivity index (χ1) is 6.07. The maximum atomic E-state index is 10.7. The second kappa shape index (κ2) is 6.21. The van der Waals surface area contributed by atoms with Gasteiger partial charge in [0.2, 0.25) is 0 Å². The molecule has 0 aromatic carbocycles. The fraction of sp³-hybridized carbons (Fsp3) is 0.667. The van der Waals surface area contributed by atoms with E-state index < -0.39 is 12.0 Å². The van der Waals surface area contributed by atoms with Gasteiger partial charge in [0.05, 0.1) is 0 Å². The summed E-state index contributed by atoms with van der Waals surface area (Å²) < 4.78 is 0. The topological polar surface area (TPSA) is 140 Å². The maximum Gasteiger partial charge on any atom is 0.341 e. The Hall–Kier alpha value is -1.34. The molecule has 7 nitrogen and oxygen atoms in total. The van der Waals surface area contributed by atoms with Crippen LogP contribution in [0.3, 0.4) is 0 Å². The summed E-state index contributed by atoms with van der Waals surface area (Å²) in [5.41, 5.74) is 10.4. The highest BCUT2D eigenvalue weighted by Gasteiger charge is 2.12. The predicted molar refractivity (Wildman–Crippen MR) is 47.4 cm³/mol. The van der Waals surface area contributed by atoms with Gasteiger partial charge < -0.3 is 21.6 Å². The minimum Gasteiger partial charge on any atom is -0.372 e. The van der Waals surface area contributed by atoms with Gasteiger partial charge in [-0.3, -0.25) is 5.41 Å². The summed E-state index contributed by atoms with van der Waals surface area (Å²) in [6.07, 6.45) is 1.06. The van der Waals surface area contributed by atoms with Gasteiger partial charge in [-0.15, -0.1) is 0 Å². The van der Waals surface area contributed by atoms with E-state index in [0.29, 0.717) is 19.4 Å². The Morgan fingerprint density at radius 2 is 2.23 bits per heavy atom. The minimum absolute atomic E-state index is 0.102. The third kappa shape index (κ3) is 5.88. The van der Waals surface area contributed by atoms with Crippen molar-refractivity contribution in [2.24, 2.45) is 17.4 Å². The lowest BCUT2D eigenvalue weighted by molar-refractivity contribution is -0.145.